The van der Waals surface area contributed by atoms with Crippen LogP contribution in [0.2, 0.25) is 0 Å². The molecule has 0 unspecified atom stereocenters. The molecule has 0 spiro atoms. The van der Waals surface area contributed by atoms with Gasteiger partial charge in [0.05, 0.1) is 24.2 Å². The lowest BCUT2D eigenvalue weighted by molar-refractivity contribution is -0.141. The summed E-state index contributed by atoms with van der Waals surface area (Å²) >= 11 is 0. The van der Waals surface area contributed by atoms with Gasteiger partial charge in [-0.3, -0.25) is 9.36 Å². The van der Waals surface area contributed by atoms with Gasteiger partial charge in [-0.1, -0.05) is 12.1 Å². The van der Waals surface area contributed by atoms with Crippen molar-refractivity contribution >= 4 is 23.1 Å². The molecular weight excluding hydrogens is 276 g/mol. The summed E-state index contributed by atoms with van der Waals surface area (Å²) in [5.74, 6) is -0.419. The van der Waals surface area contributed by atoms with Crippen LogP contribution in [0.5, 0.6) is 0 Å². The molecular formula is C14H16N2O5. The van der Waals surface area contributed by atoms with Crippen molar-refractivity contribution in [2.24, 2.45) is 0 Å². The number of hydrogen-bond donors (Lipinski definition) is 0. The van der Waals surface area contributed by atoms with Crippen LogP contribution in [0.3, 0.4) is 0 Å². The predicted molar refractivity (Wildman–Crippen MR) is 75.3 cm³/mol. The summed E-state index contributed by atoms with van der Waals surface area (Å²) in [5.41, 5.74) is 0.535. The maximum atomic E-state index is 12.4. The quantitative estimate of drug-likeness (QED) is 0.795. The molecule has 0 radical (unpaired) electrons. The molecule has 1 aromatic heterocycles. The van der Waals surface area contributed by atoms with Crippen LogP contribution in [0.25, 0.3) is 11.0 Å². The number of hydrogen-bond acceptors (Lipinski definition) is 5. The molecule has 2 rings (SSSR count). The molecule has 0 fully saturated rings. The minimum Gasteiger partial charge on any atom is -0.464 e. The predicted octanol–water partition coefficient (Wildman–Crippen LogP) is 1.37. The number of fused-ring (bicyclic) bond motifs is 1. The second-order valence-corrected chi connectivity index (χ2v) is 4.30. The number of imidazole rings is 1. The molecule has 0 atom stereocenters. The Morgan fingerprint density at radius 3 is 2.43 bits per heavy atom. The van der Waals surface area contributed by atoms with E-state index in [1.54, 1.807) is 31.2 Å². The molecule has 0 bridgehead atoms. The highest BCUT2D eigenvalue weighted by molar-refractivity contribution is 5.86. The third-order valence-corrected chi connectivity index (χ3v) is 2.91. The summed E-state index contributed by atoms with van der Waals surface area (Å²) in [6.07, 6.45) is -0.718. The van der Waals surface area contributed by atoms with Crippen molar-refractivity contribution in [2.45, 2.75) is 20.4 Å². The van der Waals surface area contributed by atoms with E-state index in [-0.39, 0.29) is 19.8 Å². The zero-order chi connectivity index (χ0) is 15.4. The maximum absolute atomic E-state index is 12.4. The largest absolute Gasteiger partial charge is 0.464 e. The molecule has 0 amide bonds. The van der Waals surface area contributed by atoms with Gasteiger partial charge >= 0.3 is 17.8 Å². The maximum Gasteiger partial charge on any atom is 0.422 e. The minimum atomic E-state index is -0.718. The average molecular weight is 292 g/mol. The first-order chi connectivity index (χ1) is 10.1. The van der Waals surface area contributed by atoms with E-state index >= 15 is 0 Å². The van der Waals surface area contributed by atoms with E-state index in [4.69, 9.17) is 9.47 Å². The normalized spacial score (nSPS) is 10.6. The monoisotopic (exact) mass is 292 g/mol. The first kappa shape index (κ1) is 14.8. The molecule has 0 aliphatic rings. The lowest BCUT2D eigenvalue weighted by atomic mass is 10.3. The molecule has 2 aromatic rings. The summed E-state index contributed by atoms with van der Waals surface area (Å²) in [4.78, 5) is 35.1. The first-order valence-electron chi connectivity index (χ1n) is 6.57. The van der Waals surface area contributed by atoms with Gasteiger partial charge in [-0.25, -0.2) is 9.59 Å². The van der Waals surface area contributed by atoms with Gasteiger partial charge in [0.25, 0.3) is 0 Å². The van der Waals surface area contributed by atoms with Crippen LogP contribution in [0.15, 0.2) is 29.1 Å². The Morgan fingerprint density at radius 1 is 1.14 bits per heavy atom. The number of rotatable bonds is 4. The van der Waals surface area contributed by atoms with Gasteiger partial charge in [0, 0.05) is 6.92 Å². The van der Waals surface area contributed by atoms with Crippen molar-refractivity contribution in [1.29, 1.82) is 0 Å². The molecule has 0 saturated carbocycles. The van der Waals surface area contributed by atoms with Crippen LogP contribution in [0.1, 0.15) is 13.8 Å². The molecule has 0 aliphatic carbocycles. The third kappa shape index (κ3) is 2.96. The molecule has 0 saturated heterocycles. The topological polar surface area (TPSA) is 79.5 Å². The summed E-state index contributed by atoms with van der Waals surface area (Å²) in [5, 5.41) is 0. The highest BCUT2D eigenvalue weighted by atomic mass is 16.5. The number of para-hydroxylation sites is 2. The van der Waals surface area contributed by atoms with Gasteiger partial charge in [-0.15, -0.1) is 0 Å². The van der Waals surface area contributed by atoms with Gasteiger partial charge in [0.15, 0.2) is 0 Å². The van der Waals surface area contributed by atoms with Gasteiger partial charge in [0.1, 0.15) is 6.61 Å². The zero-order valence-corrected chi connectivity index (χ0v) is 11.9. The Labute approximate surface area is 120 Å². The van der Waals surface area contributed by atoms with Crippen molar-refractivity contribution < 1.29 is 19.1 Å². The van der Waals surface area contributed by atoms with E-state index in [0.29, 0.717) is 11.0 Å². The molecule has 1 heterocycles. The number of ether oxygens (including phenoxy) is 2. The van der Waals surface area contributed by atoms with Crippen LogP contribution in [0, 0.1) is 0 Å². The Balaban J connectivity index is 2.46. The van der Waals surface area contributed by atoms with Gasteiger partial charge < -0.3 is 9.47 Å². The molecule has 0 N–H and O–H groups in total. The van der Waals surface area contributed by atoms with Crippen molar-refractivity contribution in [3.63, 3.8) is 0 Å². The van der Waals surface area contributed by atoms with Crippen LogP contribution in [-0.2, 0) is 20.8 Å². The third-order valence-electron chi connectivity index (χ3n) is 2.91. The van der Waals surface area contributed by atoms with Gasteiger partial charge in [0.2, 0.25) is 0 Å². The SMILES string of the molecule is CCOC(=O)n1c(=O)n(CCOC(C)=O)c2ccccc21. The van der Waals surface area contributed by atoms with Gasteiger partial charge in [-0.2, -0.15) is 4.57 Å². The van der Waals surface area contributed by atoms with E-state index in [1.807, 2.05) is 0 Å². The zero-order valence-electron chi connectivity index (χ0n) is 11.9. The second-order valence-electron chi connectivity index (χ2n) is 4.30. The smallest absolute Gasteiger partial charge is 0.422 e. The van der Waals surface area contributed by atoms with E-state index in [0.717, 1.165) is 4.57 Å². The van der Waals surface area contributed by atoms with Crippen molar-refractivity contribution in [2.75, 3.05) is 13.2 Å². The fourth-order valence-corrected chi connectivity index (χ4v) is 2.07. The highest BCUT2D eigenvalue weighted by Crippen LogP contribution is 2.13. The van der Waals surface area contributed by atoms with Gasteiger partial charge in [-0.05, 0) is 19.1 Å². The molecule has 112 valence electrons. The van der Waals surface area contributed by atoms with Crippen molar-refractivity contribution in [3.8, 4) is 0 Å². The fourth-order valence-electron chi connectivity index (χ4n) is 2.07. The highest BCUT2D eigenvalue weighted by Gasteiger charge is 2.18. The molecule has 1 aromatic carbocycles. The molecule has 21 heavy (non-hydrogen) atoms. The second kappa shape index (κ2) is 6.25. The number of benzene rings is 1. The Morgan fingerprint density at radius 2 is 1.81 bits per heavy atom. The Bertz CT molecular complexity index is 729. The van der Waals surface area contributed by atoms with Crippen LogP contribution in [0.4, 0.5) is 4.79 Å². The summed E-state index contributed by atoms with van der Waals surface area (Å²) in [6.45, 7) is 3.38. The number of carbonyl (C=O) groups is 2. The van der Waals surface area contributed by atoms with Crippen LogP contribution < -0.4 is 5.69 Å². The van der Waals surface area contributed by atoms with E-state index in [9.17, 15) is 14.4 Å². The summed E-state index contributed by atoms with van der Waals surface area (Å²) < 4.78 is 12.1. The van der Waals surface area contributed by atoms with Crippen molar-refractivity contribution in [3.05, 3.63) is 34.7 Å². The minimum absolute atomic E-state index is 0.0616. The van der Waals surface area contributed by atoms with E-state index in [2.05, 4.69) is 0 Å². The van der Waals surface area contributed by atoms with Crippen LogP contribution in [-0.4, -0.2) is 34.4 Å². The summed E-state index contributed by atoms with van der Waals surface area (Å²) in [7, 11) is 0. The van der Waals surface area contributed by atoms with E-state index < -0.39 is 17.8 Å². The summed E-state index contributed by atoms with van der Waals surface area (Å²) in [6, 6.07) is 6.88. The fraction of sp³-hybridized carbons (Fsp3) is 0.357. The number of esters is 1. The average Bonchev–Trinajstić information content (AvgIpc) is 2.72. The number of aromatic nitrogens is 2. The lowest BCUT2D eigenvalue weighted by Crippen LogP contribution is -2.30. The standard InChI is InChI=1S/C14H16N2O5/c1-3-20-14(19)16-12-7-5-4-6-11(12)15(13(16)18)8-9-21-10(2)17/h4-7H,3,8-9H2,1-2H3. The Hall–Kier alpha value is -2.57. The molecule has 7 nitrogen and oxygen atoms in total. The Kier molecular flexibility index (Phi) is 4.42. The number of carbonyl (C=O) groups excluding carboxylic acids is 2. The number of nitrogens with zero attached hydrogens (tertiary/aromatic N) is 2. The first-order valence-corrected chi connectivity index (χ1v) is 6.57. The van der Waals surface area contributed by atoms with E-state index in [1.165, 1.54) is 11.5 Å². The van der Waals surface area contributed by atoms with Crippen LogP contribution >= 0.6 is 0 Å². The lowest BCUT2D eigenvalue weighted by Gasteiger charge is -2.03. The molecule has 7 heteroatoms. The molecule has 0 aliphatic heterocycles. The van der Waals surface area contributed by atoms with Crippen molar-refractivity contribution in [1.82, 2.24) is 9.13 Å².